The smallest absolute Gasteiger partial charge is 0.131 e. The Morgan fingerprint density at radius 2 is 1.50 bits per heavy atom. The zero-order chi connectivity index (χ0) is 16.8. The molecule has 0 amide bonds. The first kappa shape index (κ1) is 15.9. The highest BCUT2D eigenvalue weighted by Gasteiger charge is 2.04. The second kappa shape index (κ2) is 7.55. The topological polar surface area (TPSA) is 27.7 Å². The van der Waals surface area contributed by atoms with Gasteiger partial charge in [0, 0.05) is 11.6 Å². The normalized spacial score (nSPS) is 10.2. The van der Waals surface area contributed by atoms with Crippen molar-refractivity contribution in [3.63, 3.8) is 0 Å². The van der Waals surface area contributed by atoms with Gasteiger partial charge in [-0.2, -0.15) is 0 Å². The Hall–Kier alpha value is -2.94. The molecule has 0 N–H and O–H groups in total. The van der Waals surface area contributed by atoms with Crippen molar-refractivity contribution in [2.75, 3.05) is 7.11 Å². The van der Waals surface area contributed by atoms with Crippen molar-refractivity contribution < 1.29 is 14.2 Å². The van der Waals surface area contributed by atoms with Crippen molar-refractivity contribution in [3.05, 3.63) is 83.9 Å². The zero-order valence-corrected chi connectivity index (χ0v) is 13.9. The first-order chi connectivity index (χ1) is 11.7. The van der Waals surface area contributed by atoms with Crippen molar-refractivity contribution in [3.8, 4) is 23.0 Å². The second-order valence-electron chi connectivity index (χ2n) is 5.49. The van der Waals surface area contributed by atoms with Crippen molar-refractivity contribution in [2.45, 2.75) is 13.5 Å². The molecular weight excluding hydrogens is 300 g/mol. The lowest BCUT2D eigenvalue weighted by molar-refractivity contribution is 0.295. The first-order valence-electron chi connectivity index (χ1n) is 7.84. The summed E-state index contributed by atoms with van der Waals surface area (Å²) in [5.41, 5.74) is 2.21. The van der Waals surface area contributed by atoms with E-state index in [0.29, 0.717) is 6.61 Å². The lowest BCUT2D eigenvalue weighted by Gasteiger charge is -2.11. The highest BCUT2D eigenvalue weighted by Crippen LogP contribution is 2.26. The van der Waals surface area contributed by atoms with Crippen LogP contribution in [0.2, 0.25) is 0 Å². The zero-order valence-electron chi connectivity index (χ0n) is 13.9. The molecule has 122 valence electrons. The fourth-order valence-corrected chi connectivity index (χ4v) is 2.35. The average Bonchev–Trinajstić information content (AvgIpc) is 2.62. The van der Waals surface area contributed by atoms with E-state index < -0.39 is 0 Å². The van der Waals surface area contributed by atoms with E-state index in [1.807, 2.05) is 72.8 Å². The molecule has 3 nitrogen and oxygen atoms in total. The standard InChI is InChI=1S/C21H20O3/c1-16-10-12-18(13-11-16)24-20-8-5-7-19(14-20)23-15-17-6-3-4-9-21(17)22-2/h3-14H,15H2,1-2H3. The Morgan fingerprint density at radius 1 is 0.750 bits per heavy atom. The van der Waals surface area contributed by atoms with Gasteiger partial charge in [0.05, 0.1) is 7.11 Å². The van der Waals surface area contributed by atoms with Crippen LogP contribution in [0.15, 0.2) is 72.8 Å². The van der Waals surface area contributed by atoms with Gasteiger partial charge < -0.3 is 14.2 Å². The summed E-state index contributed by atoms with van der Waals surface area (Å²) >= 11 is 0. The molecule has 3 aromatic carbocycles. The van der Waals surface area contributed by atoms with E-state index in [0.717, 1.165) is 28.6 Å². The summed E-state index contributed by atoms with van der Waals surface area (Å²) in [6.07, 6.45) is 0. The number of hydrogen-bond donors (Lipinski definition) is 0. The van der Waals surface area contributed by atoms with E-state index in [4.69, 9.17) is 14.2 Å². The number of hydrogen-bond acceptors (Lipinski definition) is 3. The summed E-state index contributed by atoms with van der Waals surface area (Å²) < 4.78 is 17.1. The molecule has 0 aliphatic carbocycles. The van der Waals surface area contributed by atoms with Crippen molar-refractivity contribution in [1.82, 2.24) is 0 Å². The van der Waals surface area contributed by atoms with Crippen LogP contribution in [-0.2, 0) is 6.61 Å². The van der Waals surface area contributed by atoms with E-state index in [1.54, 1.807) is 7.11 Å². The summed E-state index contributed by atoms with van der Waals surface area (Å²) in [6.45, 7) is 2.49. The number of ether oxygens (including phenoxy) is 3. The van der Waals surface area contributed by atoms with Crippen LogP contribution in [0.3, 0.4) is 0 Å². The Balaban J connectivity index is 1.68. The van der Waals surface area contributed by atoms with E-state index in [1.165, 1.54) is 5.56 Å². The van der Waals surface area contributed by atoms with Gasteiger partial charge >= 0.3 is 0 Å². The molecule has 3 heteroatoms. The SMILES string of the molecule is COc1ccccc1COc1cccc(Oc2ccc(C)cc2)c1. The van der Waals surface area contributed by atoms with E-state index in [2.05, 4.69) is 6.92 Å². The molecule has 0 heterocycles. The second-order valence-corrected chi connectivity index (χ2v) is 5.49. The van der Waals surface area contributed by atoms with Crippen LogP contribution in [-0.4, -0.2) is 7.11 Å². The van der Waals surface area contributed by atoms with Crippen LogP contribution in [0.1, 0.15) is 11.1 Å². The summed E-state index contributed by atoms with van der Waals surface area (Å²) in [7, 11) is 1.66. The summed E-state index contributed by atoms with van der Waals surface area (Å²) in [6, 6.07) is 23.4. The third-order valence-electron chi connectivity index (χ3n) is 3.65. The van der Waals surface area contributed by atoms with Gasteiger partial charge in [-0.1, -0.05) is 42.0 Å². The number of para-hydroxylation sites is 1. The van der Waals surface area contributed by atoms with Gasteiger partial charge in [-0.3, -0.25) is 0 Å². The third-order valence-corrected chi connectivity index (χ3v) is 3.65. The summed E-state index contributed by atoms with van der Waals surface area (Å²) in [5, 5.41) is 0. The fraction of sp³-hybridized carbons (Fsp3) is 0.143. The quantitative estimate of drug-likeness (QED) is 0.610. The number of rotatable bonds is 6. The minimum Gasteiger partial charge on any atom is -0.496 e. The molecular formula is C21H20O3. The van der Waals surface area contributed by atoms with Gasteiger partial charge in [-0.05, 0) is 37.3 Å². The lowest BCUT2D eigenvalue weighted by atomic mass is 10.2. The molecule has 0 aliphatic rings. The van der Waals surface area contributed by atoms with Gasteiger partial charge in [0.1, 0.15) is 29.6 Å². The van der Waals surface area contributed by atoms with E-state index in [-0.39, 0.29) is 0 Å². The molecule has 3 aromatic rings. The highest BCUT2D eigenvalue weighted by molar-refractivity contribution is 5.38. The van der Waals surface area contributed by atoms with Crippen LogP contribution < -0.4 is 14.2 Å². The lowest BCUT2D eigenvalue weighted by Crippen LogP contribution is -1.98. The summed E-state index contributed by atoms with van der Waals surface area (Å²) in [5.74, 6) is 3.13. The van der Waals surface area contributed by atoms with Crippen LogP contribution in [0.25, 0.3) is 0 Å². The molecule has 0 aliphatic heterocycles. The molecule has 0 atom stereocenters. The van der Waals surface area contributed by atoms with Gasteiger partial charge in [0.15, 0.2) is 0 Å². The molecule has 0 spiro atoms. The molecule has 24 heavy (non-hydrogen) atoms. The van der Waals surface area contributed by atoms with Crippen LogP contribution in [0.5, 0.6) is 23.0 Å². The monoisotopic (exact) mass is 320 g/mol. The number of aryl methyl sites for hydroxylation is 1. The third kappa shape index (κ3) is 4.07. The van der Waals surface area contributed by atoms with Gasteiger partial charge in [-0.15, -0.1) is 0 Å². The largest absolute Gasteiger partial charge is 0.496 e. The predicted octanol–water partition coefficient (Wildman–Crippen LogP) is 5.37. The van der Waals surface area contributed by atoms with Crippen LogP contribution >= 0.6 is 0 Å². The Bertz CT molecular complexity index is 794. The minimum atomic E-state index is 0.442. The maximum atomic E-state index is 5.87. The molecule has 3 rings (SSSR count). The fourth-order valence-electron chi connectivity index (χ4n) is 2.35. The highest BCUT2D eigenvalue weighted by atomic mass is 16.5. The van der Waals surface area contributed by atoms with Crippen LogP contribution in [0, 0.1) is 6.92 Å². The van der Waals surface area contributed by atoms with Gasteiger partial charge in [0.2, 0.25) is 0 Å². The van der Waals surface area contributed by atoms with Crippen molar-refractivity contribution >= 4 is 0 Å². The summed E-state index contributed by atoms with van der Waals surface area (Å²) in [4.78, 5) is 0. The van der Waals surface area contributed by atoms with Crippen molar-refractivity contribution in [2.24, 2.45) is 0 Å². The Labute approximate surface area is 142 Å². The first-order valence-corrected chi connectivity index (χ1v) is 7.84. The van der Waals surface area contributed by atoms with Gasteiger partial charge in [0.25, 0.3) is 0 Å². The molecule has 0 aromatic heterocycles. The molecule has 0 radical (unpaired) electrons. The van der Waals surface area contributed by atoms with Gasteiger partial charge in [-0.25, -0.2) is 0 Å². The molecule has 0 fully saturated rings. The average molecular weight is 320 g/mol. The van der Waals surface area contributed by atoms with E-state index >= 15 is 0 Å². The van der Waals surface area contributed by atoms with E-state index in [9.17, 15) is 0 Å². The maximum absolute atomic E-state index is 5.87. The molecule has 0 saturated carbocycles. The Morgan fingerprint density at radius 3 is 2.29 bits per heavy atom. The molecule has 0 saturated heterocycles. The number of methoxy groups -OCH3 is 1. The van der Waals surface area contributed by atoms with Crippen LogP contribution in [0.4, 0.5) is 0 Å². The minimum absolute atomic E-state index is 0.442. The molecule has 0 unspecified atom stereocenters. The number of benzene rings is 3. The van der Waals surface area contributed by atoms with Crippen molar-refractivity contribution in [1.29, 1.82) is 0 Å². The molecule has 0 bridgehead atoms. The Kier molecular flexibility index (Phi) is 5.02. The maximum Gasteiger partial charge on any atom is 0.131 e. The predicted molar refractivity (Wildman–Crippen MR) is 95.0 cm³/mol.